The van der Waals surface area contributed by atoms with Crippen LogP contribution in [-0.4, -0.2) is 36.5 Å². The van der Waals surface area contributed by atoms with E-state index in [1.54, 1.807) is 17.0 Å². The minimum absolute atomic E-state index is 0.00538. The topological polar surface area (TPSA) is 52.7 Å². The van der Waals surface area contributed by atoms with E-state index in [0.29, 0.717) is 18.8 Å². The second kappa shape index (κ2) is 7.34. The second-order valence-electron chi connectivity index (χ2n) is 5.89. The smallest absolute Gasteiger partial charge is 0.324 e. The van der Waals surface area contributed by atoms with Gasteiger partial charge in [-0.3, -0.25) is 9.69 Å². The standard InChI is InChI=1S/C19H20FN3O2/c1-2-14-5-3-4-6-17(14)21-18(24)13-22-11-12-23(19(22)25)16-9-7-15(20)8-10-16/h3-10H,2,11-13H2,1H3,(H,21,24). The molecular formula is C19H20FN3O2. The zero-order valence-corrected chi connectivity index (χ0v) is 14.0. The summed E-state index contributed by atoms with van der Waals surface area (Å²) >= 11 is 0. The Bertz CT molecular complexity index is 776. The summed E-state index contributed by atoms with van der Waals surface area (Å²) in [5, 5.41) is 2.87. The summed E-state index contributed by atoms with van der Waals surface area (Å²) in [5.41, 5.74) is 2.46. The molecule has 0 atom stereocenters. The number of hydrogen-bond acceptors (Lipinski definition) is 2. The first-order valence-corrected chi connectivity index (χ1v) is 8.28. The van der Waals surface area contributed by atoms with Crippen LogP contribution in [0.4, 0.5) is 20.6 Å². The van der Waals surface area contributed by atoms with Crippen LogP contribution < -0.4 is 10.2 Å². The maximum absolute atomic E-state index is 13.0. The highest BCUT2D eigenvalue weighted by Gasteiger charge is 2.30. The van der Waals surface area contributed by atoms with Gasteiger partial charge < -0.3 is 10.2 Å². The van der Waals surface area contributed by atoms with Crippen molar-refractivity contribution in [2.24, 2.45) is 0 Å². The van der Waals surface area contributed by atoms with E-state index in [2.05, 4.69) is 5.32 Å². The summed E-state index contributed by atoms with van der Waals surface area (Å²) in [7, 11) is 0. The van der Waals surface area contributed by atoms with Gasteiger partial charge in [-0.1, -0.05) is 25.1 Å². The lowest BCUT2D eigenvalue weighted by atomic mass is 10.1. The van der Waals surface area contributed by atoms with Crippen molar-refractivity contribution in [3.05, 3.63) is 59.9 Å². The number of hydrogen-bond donors (Lipinski definition) is 1. The highest BCUT2D eigenvalue weighted by atomic mass is 19.1. The van der Waals surface area contributed by atoms with Gasteiger partial charge >= 0.3 is 6.03 Å². The minimum atomic E-state index is -0.346. The van der Waals surface area contributed by atoms with Crippen LogP contribution >= 0.6 is 0 Å². The predicted molar refractivity (Wildman–Crippen MR) is 95.2 cm³/mol. The number of aryl methyl sites for hydroxylation is 1. The normalized spacial score (nSPS) is 14.1. The van der Waals surface area contributed by atoms with Gasteiger partial charge in [0.05, 0.1) is 0 Å². The number of anilines is 2. The van der Waals surface area contributed by atoms with Gasteiger partial charge in [0.1, 0.15) is 12.4 Å². The first-order chi connectivity index (χ1) is 12.1. The van der Waals surface area contributed by atoms with Crippen molar-refractivity contribution in [1.29, 1.82) is 0 Å². The highest BCUT2D eigenvalue weighted by Crippen LogP contribution is 2.21. The fourth-order valence-corrected chi connectivity index (χ4v) is 2.90. The number of amides is 3. The number of carbonyl (C=O) groups excluding carboxylic acids is 2. The molecule has 0 spiro atoms. The third kappa shape index (κ3) is 3.79. The highest BCUT2D eigenvalue weighted by molar-refractivity contribution is 5.99. The molecule has 0 radical (unpaired) electrons. The first-order valence-electron chi connectivity index (χ1n) is 8.28. The number of benzene rings is 2. The Hall–Kier alpha value is -2.89. The molecule has 2 aromatic rings. The molecule has 0 aliphatic carbocycles. The van der Waals surface area contributed by atoms with Gasteiger partial charge in [0.25, 0.3) is 0 Å². The molecule has 3 amide bonds. The molecule has 0 bridgehead atoms. The molecule has 1 aliphatic heterocycles. The Morgan fingerprint density at radius 3 is 2.56 bits per heavy atom. The molecule has 130 valence electrons. The monoisotopic (exact) mass is 341 g/mol. The zero-order chi connectivity index (χ0) is 17.8. The molecule has 2 aromatic carbocycles. The van der Waals surface area contributed by atoms with Gasteiger partial charge in [-0.25, -0.2) is 9.18 Å². The van der Waals surface area contributed by atoms with Crippen LogP contribution in [-0.2, 0) is 11.2 Å². The molecule has 6 heteroatoms. The van der Waals surface area contributed by atoms with E-state index in [1.165, 1.54) is 17.0 Å². The average Bonchev–Trinajstić information content (AvgIpc) is 2.97. The summed E-state index contributed by atoms with van der Waals surface area (Å²) in [5.74, 6) is -0.573. The summed E-state index contributed by atoms with van der Waals surface area (Å²) in [6, 6.07) is 13.1. The Labute approximate surface area is 146 Å². The quantitative estimate of drug-likeness (QED) is 0.907. The summed E-state index contributed by atoms with van der Waals surface area (Å²) in [6.07, 6.45) is 0.817. The van der Waals surface area contributed by atoms with Gasteiger partial charge in [-0.15, -0.1) is 0 Å². The van der Waals surface area contributed by atoms with Crippen molar-refractivity contribution in [1.82, 2.24) is 4.90 Å². The van der Waals surface area contributed by atoms with E-state index in [-0.39, 0.29) is 24.3 Å². The zero-order valence-electron chi connectivity index (χ0n) is 14.0. The van der Waals surface area contributed by atoms with Crippen LogP contribution in [0.2, 0.25) is 0 Å². The molecule has 0 saturated carbocycles. The molecule has 3 rings (SSSR count). The molecule has 0 aromatic heterocycles. The van der Waals surface area contributed by atoms with Crippen LogP contribution in [0.3, 0.4) is 0 Å². The number of rotatable bonds is 5. The fourth-order valence-electron chi connectivity index (χ4n) is 2.90. The van der Waals surface area contributed by atoms with Crippen molar-refractivity contribution in [2.45, 2.75) is 13.3 Å². The largest absolute Gasteiger partial charge is 0.325 e. The van der Waals surface area contributed by atoms with Crippen LogP contribution in [0.15, 0.2) is 48.5 Å². The number of carbonyl (C=O) groups is 2. The van der Waals surface area contributed by atoms with Crippen molar-refractivity contribution >= 4 is 23.3 Å². The summed E-state index contributed by atoms with van der Waals surface area (Å²) in [6.45, 7) is 2.95. The van der Waals surface area contributed by atoms with Gasteiger partial charge in [0.15, 0.2) is 0 Å². The fraction of sp³-hybridized carbons (Fsp3) is 0.263. The van der Waals surface area contributed by atoms with E-state index >= 15 is 0 Å². The average molecular weight is 341 g/mol. The van der Waals surface area contributed by atoms with Crippen LogP contribution in [0.25, 0.3) is 0 Å². The van der Waals surface area contributed by atoms with Gasteiger partial charge in [0.2, 0.25) is 5.91 Å². The van der Waals surface area contributed by atoms with Crippen molar-refractivity contribution < 1.29 is 14.0 Å². The molecule has 1 saturated heterocycles. The van der Waals surface area contributed by atoms with E-state index in [0.717, 1.165) is 17.7 Å². The first kappa shape index (κ1) is 17.0. The van der Waals surface area contributed by atoms with Crippen LogP contribution in [0, 0.1) is 5.82 Å². The van der Waals surface area contributed by atoms with Gasteiger partial charge in [-0.05, 0) is 42.3 Å². The number of nitrogens with zero attached hydrogens (tertiary/aromatic N) is 2. The maximum atomic E-state index is 13.0. The molecule has 1 fully saturated rings. The molecule has 1 N–H and O–H groups in total. The van der Waals surface area contributed by atoms with E-state index in [4.69, 9.17) is 0 Å². The number of urea groups is 1. The Balaban J connectivity index is 1.62. The summed E-state index contributed by atoms with van der Waals surface area (Å²) < 4.78 is 13.0. The van der Waals surface area contributed by atoms with E-state index in [1.807, 2.05) is 31.2 Å². The summed E-state index contributed by atoms with van der Waals surface area (Å²) in [4.78, 5) is 27.8. The third-order valence-electron chi connectivity index (χ3n) is 4.24. The Kier molecular flexibility index (Phi) is 4.97. The number of para-hydroxylation sites is 1. The van der Waals surface area contributed by atoms with E-state index in [9.17, 15) is 14.0 Å². The lowest BCUT2D eigenvalue weighted by Gasteiger charge is -2.19. The third-order valence-corrected chi connectivity index (χ3v) is 4.24. The van der Waals surface area contributed by atoms with E-state index < -0.39 is 0 Å². The van der Waals surface area contributed by atoms with Crippen molar-refractivity contribution in [3.63, 3.8) is 0 Å². The van der Waals surface area contributed by atoms with Gasteiger partial charge in [-0.2, -0.15) is 0 Å². The maximum Gasteiger partial charge on any atom is 0.325 e. The lowest BCUT2D eigenvalue weighted by molar-refractivity contribution is -0.116. The van der Waals surface area contributed by atoms with Crippen LogP contribution in [0.5, 0.6) is 0 Å². The van der Waals surface area contributed by atoms with Gasteiger partial charge in [0, 0.05) is 24.5 Å². The lowest BCUT2D eigenvalue weighted by Crippen LogP contribution is -2.37. The molecule has 1 heterocycles. The molecule has 25 heavy (non-hydrogen) atoms. The van der Waals surface area contributed by atoms with Crippen LogP contribution in [0.1, 0.15) is 12.5 Å². The Morgan fingerprint density at radius 1 is 1.12 bits per heavy atom. The molecule has 5 nitrogen and oxygen atoms in total. The predicted octanol–water partition coefficient (Wildman–Crippen LogP) is 3.27. The van der Waals surface area contributed by atoms with Crippen molar-refractivity contribution in [3.8, 4) is 0 Å². The molecule has 1 aliphatic rings. The molecule has 0 unspecified atom stereocenters. The molecular weight excluding hydrogens is 321 g/mol. The number of halogens is 1. The minimum Gasteiger partial charge on any atom is -0.324 e. The number of nitrogens with one attached hydrogen (secondary N) is 1. The Morgan fingerprint density at radius 2 is 1.84 bits per heavy atom. The SMILES string of the molecule is CCc1ccccc1NC(=O)CN1CCN(c2ccc(F)cc2)C1=O. The second-order valence-corrected chi connectivity index (χ2v) is 5.89. The van der Waals surface area contributed by atoms with Crippen molar-refractivity contribution in [2.75, 3.05) is 29.9 Å².